The van der Waals surface area contributed by atoms with Gasteiger partial charge in [-0.2, -0.15) is 5.26 Å². The van der Waals surface area contributed by atoms with Crippen LogP contribution < -0.4 is 5.73 Å². The second kappa shape index (κ2) is 4.83. The molecule has 0 saturated carbocycles. The molecule has 1 heterocycles. The van der Waals surface area contributed by atoms with Crippen molar-refractivity contribution in [3.8, 4) is 6.07 Å². The van der Waals surface area contributed by atoms with E-state index in [1.54, 1.807) is 0 Å². The summed E-state index contributed by atoms with van der Waals surface area (Å²) >= 11 is 0. The molecule has 4 nitrogen and oxygen atoms in total. The van der Waals surface area contributed by atoms with Gasteiger partial charge in [0.1, 0.15) is 0 Å². The minimum atomic E-state index is -0.269. The van der Waals surface area contributed by atoms with Crippen molar-refractivity contribution >= 4 is 5.91 Å². The Hall–Kier alpha value is -1.08. The highest BCUT2D eigenvalue weighted by Gasteiger charge is 2.23. The summed E-state index contributed by atoms with van der Waals surface area (Å²) in [5, 5.41) is 8.56. The monoisotopic (exact) mass is 181 g/mol. The fourth-order valence-corrected chi connectivity index (χ4v) is 1.82. The Bertz CT molecular complexity index is 221. The van der Waals surface area contributed by atoms with Crippen LogP contribution in [0, 0.1) is 11.3 Å². The van der Waals surface area contributed by atoms with E-state index < -0.39 is 0 Å². The zero-order valence-corrected chi connectivity index (χ0v) is 7.70. The third-order valence-corrected chi connectivity index (χ3v) is 2.46. The van der Waals surface area contributed by atoms with Gasteiger partial charge in [0.15, 0.2) is 0 Å². The summed E-state index contributed by atoms with van der Waals surface area (Å²) in [4.78, 5) is 12.8. The molecule has 1 unspecified atom stereocenters. The van der Waals surface area contributed by atoms with Crippen LogP contribution in [0.25, 0.3) is 0 Å². The van der Waals surface area contributed by atoms with Gasteiger partial charge in [0.2, 0.25) is 5.91 Å². The minimum absolute atomic E-state index is 0.200. The second-order valence-corrected chi connectivity index (χ2v) is 3.45. The van der Waals surface area contributed by atoms with E-state index in [1.165, 1.54) is 0 Å². The van der Waals surface area contributed by atoms with Gasteiger partial charge >= 0.3 is 0 Å². The van der Waals surface area contributed by atoms with Crippen LogP contribution in [0.15, 0.2) is 0 Å². The molecule has 0 aliphatic carbocycles. The number of carbonyl (C=O) groups excluding carboxylic acids is 1. The molecule has 1 aliphatic heterocycles. The van der Waals surface area contributed by atoms with Crippen LogP contribution in [-0.4, -0.2) is 29.9 Å². The molecule has 1 aliphatic rings. The van der Waals surface area contributed by atoms with Crippen LogP contribution in [0.2, 0.25) is 0 Å². The van der Waals surface area contributed by atoms with Gasteiger partial charge in [-0.05, 0) is 19.4 Å². The van der Waals surface area contributed by atoms with Gasteiger partial charge in [-0.15, -0.1) is 0 Å². The SMILES string of the molecule is N#CCN1CCCCC1CC(N)=O. The largest absolute Gasteiger partial charge is 0.370 e. The van der Waals surface area contributed by atoms with E-state index in [1.807, 2.05) is 4.90 Å². The maximum atomic E-state index is 10.7. The average molecular weight is 181 g/mol. The lowest BCUT2D eigenvalue weighted by atomic mass is 9.99. The molecule has 0 aromatic carbocycles. The van der Waals surface area contributed by atoms with Gasteiger partial charge in [-0.1, -0.05) is 6.42 Å². The number of hydrogen-bond acceptors (Lipinski definition) is 3. The van der Waals surface area contributed by atoms with Gasteiger partial charge in [-0.25, -0.2) is 0 Å². The number of carbonyl (C=O) groups is 1. The van der Waals surface area contributed by atoms with Crippen LogP contribution in [-0.2, 0) is 4.79 Å². The van der Waals surface area contributed by atoms with Crippen molar-refractivity contribution < 1.29 is 4.79 Å². The lowest BCUT2D eigenvalue weighted by Gasteiger charge is -2.33. The number of hydrogen-bond donors (Lipinski definition) is 1. The summed E-state index contributed by atoms with van der Waals surface area (Å²) in [5.74, 6) is -0.269. The molecule has 1 fully saturated rings. The summed E-state index contributed by atoms with van der Waals surface area (Å²) in [6, 6.07) is 2.31. The first-order valence-electron chi connectivity index (χ1n) is 4.63. The maximum Gasteiger partial charge on any atom is 0.218 e. The highest BCUT2D eigenvalue weighted by atomic mass is 16.1. The lowest BCUT2D eigenvalue weighted by Crippen LogP contribution is -2.41. The van der Waals surface area contributed by atoms with Gasteiger partial charge in [0.25, 0.3) is 0 Å². The molecule has 1 amide bonds. The Morgan fingerprint density at radius 3 is 3.00 bits per heavy atom. The molecule has 0 radical (unpaired) electrons. The van der Waals surface area contributed by atoms with Crippen molar-refractivity contribution in [2.75, 3.05) is 13.1 Å². The third-order valence-electron chi connectivity index (χ3n) is 2.46. The molecule has 0 spiro atoms. The molecular weight excluding hydrogens is 166 g/mol. The van der Waals surface area contributed by atoms with Crippen molar-refractivity contribution in [2.45, 2.75) is 31.7 Å². The van der Waals surface area contributed by atoms with E-state index in [9.17, 15) is 4.79 Å². The highest BCUT2D eigenvalue weighted by Crippen LogP contribution is 2.18. The summed E-state index contributed by atoms with van der Waals surface area (Å²) in [6.45, 7) is 1.34. The van der Waals surface area contributed by atoms with E-state index in [2.05, 4.69) is 6.07 Å². The Labute approximate surface area is 78.3 Å². The predicted molar refractivity (Wildman–Crippen MR) is 48.6 cm³/mol. The summed E-state index contributed by atoms with van der Waals surface area (Å²) < 4.78 is 0. The zero-order valence-electron chi connectivity index (χ0n) is 7.70. The molecule has 72 valence electrons. The first kappa shape index (κ1) is 10.0. The predicted octanol–water partition coefficient (Wildman–Crippen LogP) is 0.240. The minimum Gasteiger partial charge on any atom is -0.370 e. The quantitative estimate of drug-likeness (QED) is 0.634. The van der Waals surface area contributed by atoms with E-state index in [-0.39, 0.29) is 11.9 Å². The number of nitrogens with zero attached hydrogens (tertiary/aromatic N) is 2. The average Bonchev–Trinajstić information content (AvgIpc) is 2.08. The van der Waals surface area contributed by atoms with Crippen LogP contribution in [0.1, 0.15) is 25.7 Å². The summed E-state index contributed by atoms with van der Waals surface area (Å²) in [5.41, 5.74) is 5.13. The molecule has 2 N–H and O–H groups in total. The van der Waals surface area contributed by atoms with Crippen molar-refractivity contribution in [2.24, 2.45) is 5.73 Å². The lowest BCUT2D eigenvalue weighted by molar-refractivity contribution is -0.119. The molecule has 0 aromatic heterocycles. The number of nitrogens with two attached hydrogens (primary N) is 1. The number of rotatable bonds is 3. The van der Waals surface area contributed by atoms with E-state index >= 15 is 0 Å². The number of nitriles is 1. The molecule has 1 saturated heterocycles. The van der Waals surface area contributed by atoms with Gasteiger partial charge in [0, 0.05) is 12.5 Å². The van der Waals surface area contributed by atoms with Crippen LogP contribution in [0.5, 0.6) is 0 Å². The fourth-order valence-electron chi connectivity index (χ4n) is 1.82. The first-order valence-corrected chi connectivity index (χ1v) is 4.63. The zero-order chi connectivity index (χ0) is 9.68. The van der Waals surface area contributed by atoms with E-state index in [0.29, 0.717) is 13.0 Å². The Morgan fingerprint density at radius 2 is 2.38 bits per heavy atom. The Balaban J connectivity index is 2.47. The van der Waals surface area contributed by atoms with Crippen molar-refractivity contribution in [1.29, 1.82) is 5.26 Å². The molecule has 0 aromatic rings. The highest BCUT2D eigenvalue weighted by molar-refractivity contribution is 5.74. The van der Waals surface area contributed by atoms with Gasteiger partial charge in [0.05, 0.1) is 12.6 Å². The van der Waals surface area contributed by atoms with Crippen LogP contribution in [0.3, 0.4) is 0 Å². The second-order valence-electron chi connectivity index (χ2n) is 3.45. The van der Waals surface area contributed by atoms with E-state index in [0.717, 1.165) is 25.8 Å². The standard InChI is InChI=1S/C9H15N3O/c10-4-6-12-5-2-1-3-8(12)7-9(11)13/h8H,1-3,5-7H2,(H2,11,13). The molecule has 4 heteroatoms. The first-order chi connectivity index (χ1) is 6.24. The van der Waals surface area contributed by atoms with Gasteiger partial charge < -0.3 is 5.73 Å². The molecule has 0 bridgehead atoms. The summed E-state index contributed by atoms with van der Waals surface area (Å²) in [6.07, 6.45) is 3.64. The normalized spacial score (nSPS) is 23.8. The summed E-state index contributed by atoms with van der Waals surface area (Å²) in [7, 11) is 0. The number of amides is 1. The Morgan fingerprint density at radius 1 is 1.62 bits per heavy atom. The molecular formula is C9H15N3O. The van der Waals surface area contributed by atoms with E-state index in [4.69, 9.17) is 11.0 Å². The molecule has 1 rings (SSSR count). The van der Waals surface area contributed by atoms with Crippen LogP contribution >= 0.6 is 0 Å². The van der Waals surface area contributed by atoms with Crippen molar-refractivity contribution in [3.05, 3.63) is 0 Å². The topological polar surface area (TPSA) is 70.1 Å². The number of likely N-dealkylation sites (tertiary alicyclic amines) is 1. The smallest absolute Gasteiger partial charge is 0.218 e. The van der Waals surface area contributed by atoms with Gasteiger partial charge in [-0.3, -0.25) is 9.69 Å². The fraction of sp³-hybridized carbons (Fsp3) is 0.778. The van der Waals surface area contributed by atoms with Crippen LogP contribution in [0.4, 0.5) is 0 Å². The number of piperidine rings is 1. The third kappa shape index (κ3) is 3.03. The maximum absolute atomic E-state index is 10.7. The molecule has 13 heavy (non-hydrogen) atoms. The van der Waals surface area contributed by atoms with Crippen molar-refractivity contribution in [1.82, 2.24) is 4.90 Å². The van der Waals surface area contributed by atoms with Crippen molar-refractivity contribution in [3.63, 3.8) is 0 Å². The number of primary amides is 1. The Kier molecular flexibility index (Phi) is 3.71. The molecule has 1 atom stereocenters.